The summed E-state index contributed by atoms with van der Waals surface area (Å²) in [5.41, 5.74) is 4.61. The summed E-state index contributed by atoms with van der Waals surface area (Å²) in [4.78, 5) is 24.3. The molecule has 0 aliphatic rings. The first-order valence-electron chi connectivity index (χ1n) is 8.74. The Hall–Kier alpha value is -2.62. The molecule has 0 radical (unpaired) electrons. The molecule has 0 heterocycles. The van der Waals surface area contributed by atoms with Crippen LogP contribution in [-0.4, -0.2) is 18.4 Å². The van der Waals surface area contributed by atoms with Crippen LogP contribution in [0.2, 0.25) is 0 Å². The summed E-state index contributed by atoms with van der Waals surface area (Å²) < 4.78 is 0. The number of unbranched alkanes of at least 4 members (excludes halogenated alkanes) is 1. The number of para-hydroxylation sites is 1. The number of aryl methyl sites for hydroxylation is 3. The summed E-state index contributed by atoms with van der Waals surface area (Å²) in [5.74, 6) is -0.469. The number of carbonyl (C=O) groups is 2. The number of hydrogen-bond acceptors (Lipinski definition) is 2. The van der Waals surface area contributed by atoms with Crippen molar-refractivity contribution in [2.75, 3.05) is 11.9 Å². The topological polar surface area (TPSA) is 58.2 Å². The Morgan fingerprint density at radius 3 is 2.20 bits per heavy atom. The van der Waals surface area contributed by atoms with E-state index in [1.165, 1.54) is 5.56 Å². The molecule has 0 atom stereocenters. The summed E-state index contributed by atoms with van der Waals surface area (Å²) in [6, 6.07) is 13.4. The predicted octanol–water partition coefficient (Wildman–Crippen LogP) is 4.01. The highest BCUT2D eigenvalue weighted by Gasteiger charge is 2.10. The Kier molecular flexibility index (Phi) is 6.75. The predicted molar refractivity (Wildman–Crippen MR) is 102 cm³/mol. The van der Waals surface area contributed by atoms with E-state index in [0.717, 1.165) is 36.1 Å². The Balaban J connectivity index is 1.88. The smallest absolute Gasteiger partial charge is 0.251 e. The molecule has 4 nitrogen and oxygen atoms in total. The molecule has 2 amide bonds. The molecule has 2 aromatic carbocycles. The molecule has 2 aromatic rings. The van der Waals surface area contributed by atoms with Gasteiger partial charge in [0.25, 0.3) is 5.91 Å². The van der Waals surface area contributed by atoms with Gasteiger partial charge in [0.05, 0.1) is 6.54 Å². The van der Waals surface area contributed by atoms with Crippen LogP contribution in [0, 0.1) is 13.8 Å². The summed E-state index contributed by atoms with van der Waals surface area (Å²) in [6.45, 7) is 6.00. The van der Waals surface area contributed by atoms with Crippen molar-refractivity contribution in [1.29, 1.82) is 0 Å². The number of hydrogen-bond donors (Lipinski definition) is 2. The van der Waals surface area contributed by atoms with E-state index in [0.29, 0.717) is 5.56 Å². The van der Waals surface area contributed by atoms with Gasteiger partial charge in [-0.15, -0.1) is 0 Å². The summed E-state index contributed by atoms with van der Waals surface area (Å²) in [5, 5.41) is 5.53. The van der Waals surface area contributed by atoms with Crippen molar-refractivity contribution in [3.63, 3.8) is 0 Å². The minimum Gasteiger partial charge on any atom is -0.343 e. The van der Waals surface area contributed by atoms with Crippen molar-refractivity contribution in [3.05, 3.63) is 64.7 Å². The number of benzene rings is 2. The third kappa shape index (κ3) is 5.45. The summed E-state index contributed by atoms with van der Waals surface area (Å²) in [7, 11) is 0. The third-order valence-electron chi connectivity index (χ3n) is 4.19. The fraction of sp³-hybridized carbons (Fsp3) is 0.333. The average molecular weight is 338 g/mol. The molecular formula is C21H26N2O2. The first kappa shape index (κ1) is 18.7. The minimum absolute atomic E-state index is 0.0514. The van der Waals surface area contributed by atoms with Crippen molar-refractivity contribution < 1.29 is 9.59 Å². The summed E-state index contributed by atoms with van der Waals surface area (Å²) in [6.07, 6.45) is 3.32. The zero-order valence-electron chi connectivity index (χ0n) is 15.2. The van der Waals surface area contributed by atoms with Crippen LogP contribution in [0.25, 0.3) is 0 Å². The van der Waals surface area contributed by atoms with Gasteiger partial charge in [-0.2, -0.15) is 0 Å². The molecule has 0 aliphatic heterocycles. The standard InChI is InChI=1S/C21H26N2O2/c1-4-5-9-17-10-12-18(13-11-17)21(25)22-14-19(24)23-20-15(2)7-6-8-16(20)3/h6-8,10-13H,4-5,9,14H2,1-3H3,(H,22,25)(H,23,24). The van der Waals surface area contributed by atoms with Gasteiger partial charge in [0.2, 0.25) is 5.91 Å². The van der Waals surface area contributed by atoms with Crippen molar-refractivity contribution in [1.82, 2.24) is 5.32 Å². The van der Waals surface area contributed by atoms with Crippen molar-refractivity contribution in [3.8, 4) is 0 Å². The molecular weight excluding hydrogens is 312 g/mol. The highest BCUT2D eigenvalue weighted by atomic mass is 16.2. The second-order valence-electron chi connectivity index (χ2n) is 6.30. The van der Waals surface area contributed by atoms with Gasteiger partial charge in [-0.05, 0) is 55.5 Å². The fourth-order valence-corrected chi connectivity index (χ4v) is 2.66. The molecule has 0 saturated carbocycles. The fourth-order valence-electron chi connectivity index (χ4n) is 2.66. The quantitative estimate of drug-likeness (QED) is 0.801. The van der Waals surface area contributed by atoms with Crippen LogP contribution in [-0.2, 0) is 11.2 Å². The summed E-state index contributed by atoms with van der Waals surface area (Å²) >= 11 is 0. The molecule has 0 bridgehead atoms. The van der Waals surface area contributed by atoms with Crippen LogP contribution >= 0.6 is 0 Å². The maximum Gasteiger partial charge on any atom is 0.251 e. The first-order chi connectivity index (χ1) is 12.0. The van der Waals surface area contributed by atoms with Crippen molar-refractivity contribution in [2.24, 2.45) is 0 Å². The van der Waals surface area contributed by atoms with Crippen molar-refractivity contribution >= 4 is 17.5 Å². The Labute approximate surface area is 149 Å². The molecule has 2 N–H and O–H groups in total. The van der Waals surface area contributed by atoms with Gasteiger partial charge in [0.15, 0.2) is 0 Å². The Morgan fingerprint density at radius 2 is 1.60 bits per heavy atom. The molecule has 0 spiro atoms. The number of carbonyl (C=O) groups excluding carboxylic acids is 2. The molecule has 0 aromatic heterocycles. The van der Waals surface area contributed by atoms with E-state index in [4.69, 9.17) is 0 Å². The normalized spacial score (nSPS) is 10.4. The van der Waals surface area contributed by atoms with Gasteiger partial charge in [-0.3, -0.25) is 9.59 Å². The monoisotopic (exact) mass is 338 g/mol. The maximum absolute atomic E-state index is 12.2. The van der Waals surface area contributed by atoms with Crippen LogP contribution in [0.1, 0.15) is 46.8 Å². The largest absolute Gasteiger partial charge is 0.343 e. The Bertz CT molecular complexity index is 716. The first-order valence-corrected chi connectivity index (χ1v) is 8.74. The third-order valence-corrected chi connectivity index (χ3v) is 4.19. The molecule has 0 saturated heterocycles. The van der Waals surface area contributed by atoms with E-state index < -0.39 is 0 Å². The lowest BCUT2D eigenvalue weighted by Crippen LogP contribution is -2.33. The average Bonchev–Trinajstić information content (AvgIpc) is 2.61. The number of anilines is 1. The van der Waals surface area contributed by atoms with Crippen LogP contribution < -0.4 is 10.6 Å². The molecule has 132 valence electrons. The number of rotatable bonds is 7. The van der Waals surface area contributed by atoms with E-state index in [2.05, 4.69) is 17.6 Å². The molecule has 0 aliphatic carbocycles. The lowest BCUT2D eigenvalue weighted by atomic mass is 10.1. The van der Waals surface area contributed by atoms with E-state index >= 15 is 0 Å². The number of amides is 2. The second-order valence-corrected chi connectivity index (χ2v) is 6.30. The van der Waals surface area contributed by atoms with Crippen LogP contribution in [0.15, 0.2) is 42.5 Å². The lowest BCUT2D eigenvalue weighted by molar-refractivity contribution is -0.115. The Morgan fingerprint density at radius 1 is 0.960 bits per heavy atom. The van der Waals surface area contributed by atoms with E-state index in [1.807, 2.05) is 56.3 Å². The van der Waals surface area contributed by atoms with Gasteiger partial charge in [-0.1, -0.05) is 43.7 Å². The van der Waals surface area contributed by atoms with Crippen LogP contribution in [0.4, 0.5) is 5.69 Å². The van der Waals surface area contributed by atoms with Gasteiger partial charge < -0.3 is 10.6 Å². The molecule has 2 rings (SSSR count). The second kappa shape index (κ2) is 9.02. The molecule has 0 fully saturated rings. The van der Waals surface area contributed by atoms with Crippen molar-refractivity contribution in [2.45, 2.75) is 40.0 Å². The van der Waals surface area contributed by atoms with Crippen LogP contribution in [0.5, 0.6) is 0 Å². The van der Waals surface area contributed by atoms with Gasteiger partial charge in [0.1, 0.15) is 0 Å². The minimum atomic E-state index is -0.237. The molecule has 0 unspecified atom stereocenters. The highest BCUT2D eigenvalue weighted by Crippen LogP contribution is 2.19. The molecule has 4 heteroatoms. The number of nitrogens with one attached hydrogen (secondary N) is 2. The SMILES string of the molecule is CCCCc1ccc(C(=O)NCC(=O)Nc2c(C)cccc2C)cc1. The lowest BCUT2D eigenvalue weighted by Gasteiger charge is -2.12. The highest BCUT2D eigenvalue weighted by molar-refractivity contribution is 5.99. The van der Waals surface area contributed by atoms with E-state index in [1.54, 1.807) is 0 Å². The van der Waals surface area contributed by atoms with Crippen LogP contribution in [0.3, 0.4) is 0 Å². The van der Waals surface area contributed by atoms with Gasteiger partial charge >= 0.3 is 0 Å². The maximum atomic E-state index is 12.2. The van der Waals surface area contributed by atoms with Gasteiger partial charge in [0, 0.05) is 11.3 Å². The zero-order valence-corrected chi connectivity index (χ0v) is 15.2. The van der Waals surface area contributed by atoms with E-state index in [-0.39, 0.29) is 18.4 Å². The van der Waals surface area contributed by atoms with Gasteiger partial charge in [-0.25, -0.2) is 0 Å². The van der Waals surface area contributed by atoms with E-state index in [9.17, 15) is 9.59 Å². The molecule has 25 heavy (non-hydrogen) atoms. The zero-order chi connectivity index (χ0) is 18.2.